The molecule has 2 amide bonds. The Hall–Kier alpha value is -2.58. The van der Waals surface area contributed by atoms with E-state index in [1.807, 2.05) is 32.0 Å². The summed E-state index contributed by atoms with van der Waals surface area (Å²) in [7, 11) is -3.50. The summed E-state index contributed by atoms with van der Waals surface area (Å²) in [6.07, 6.45) is 2.35. The summed E-state index contributed by atoms with van der Waals surface area (Å²) >= 11 is 5.98. The quantitative estimate of drug-likeness (QED) is 0.466. The average molecular weight is 508 g/mol. The molecule has 0 spiro atoms. The molecule has 0 aromatic heterocycles. The highest BCUT2D eigenvalue weighted by molar-refractivity contribution is 7.92. The third kappa shape index (κ3) is 8.33. The normalized spacial score (nSPS) is 13.1. The first-order valence-corrected chi connectivity index (χ1v) is 13.6. The zero-order chi connectivity index (χ0) is 25.3. The van der Waals surface area contributed by atoms with Crippen molar-refractivity contribution in [3.63, 3.8) is 0 Å². The number of para-hydroxylation sites is 1. The number of benzene rings is 2. The first-order chi connectivity index (χ1) is 16.0. The Morgan fingerprint density at radius 3 is 2.21 bits per heavy atom. The molecule has 34 heavy (non-hydrogen) atoms. The van der Waals surface area contributed by atoms with Crippen molar-refractivity contribution in [3.05, 3.63) is 65.2 Å². The summed E-state index contributed by atoms with van der Waals surface area (Å²) in [5, 5.41) is 3.52. The topological polar surface area (TPSA) is 86.8 Å². The molecule has 7 nitrogen and oxygen atoms in total. The lowest BCUT2D eigenvalue weighted by molar-refractivity contribution is -0.140. The molecular weight excluding hydrogens is 474 g/mol. The van der Waals surface area contributed by atoms with Gasteiger partial charge in [0.15, 0.2) is 0 Å². The molecule has 0 aliphatic rings. The van der Waals surface area contributed by atoms with Gasteiger partial charge >= 0.3 is 0 Å². The first kappa shape index (κ1) is 27.7. The van der Waals surface area contributed by atoms with Crippen LogP contribution in [0.5, 0.6) is 0 Å². The minimum absolute atomic E-state index is 0.00312. The molecule has 2 atom stereocenters. The summed E-state index contributed by atoms with van der Waals surface area (Å²) in [5.41, 5.74) is 1.40. The van der Waals surface area contributed by atoms with Crippen LogP contribution in [0.25, 0.3) is 0 Å². The number of halogens is 1. The van der Waals surface area contributed by atoms with Crippen molar-refractivity contribution < 1.29 is 18.0 Å². The number of amides is 2. The largest absolute Gasteiger partial charge is 0.352 e. The van der Waals surface area contributed by atoms with E-state index < -0.39 is 16.1 Å². The maximum absolute atomic E-state index is 13.2. The second-order valence-electron chi connectivity index (χ2n) is 8.42. The van der Waals surface area contributed by atoms with Gasteiger partial charge in [0.1, 0.15) is 6.04 Å². The van der Waals surface area contributed by atoms with E-state index in [0.29, 0.717) is 17.1 Å². The molecule has 0 fully saturated rings. The smallest absolute Gasteiger partial charge is 0.242 e. The van der Waals surface area contributed by atoms with Gasteiger partial charge < -0.3 is 10.2 Å². The van der Waals surface area contributed by atoms with Crippen LogP contribution in [0.2, 0.25) is 5.02 Å². The summed E-state index contributed by atoms with van der Waals surface area (Å²) in [4.78, 5) is 27.6. The van der Waals surface area contributed by atoms with Crippen molar-refractivity contribution in [2.75, 3.05) is 17.1 Å². The van der Waals surface area contributed by atoms with Crippen LogP contribution in [0.15, 0.2) is 54.6 Å². The fourth-order valence-corrected chi connectivity index (χ4v) is 4.52. The predicted octanol–water partition coefficient (Wildman–Crippen LogP) is 4.22. The van der Waals surface area contributed by atoms with E-state index >= 15 is 0 Å². The van der Waals surface area contributed by atoms with E-state index in [-0.39, 0.29) is 37.4 Å². The lowest BCUT2D eigenvalue weighted by Crippen LogP contribution is -2.49. The van der Waals surface area contributed by atoms with Crippen molar-refractivity contribution in [1.29, 1.82) is 0 Å². The van der Waals surface area contributed by atoms with Gasteiger partial charge in [-0.25, -0.2) is 8.42 Å². The van der Waals surface area contributed by atoms with Gasteiger partial charge in [0, 0.05) is 30.6 Å². The molecule has 0 saturated heterocycles. The molecule has 2 rings (SSSR count). The van der Waals surface area contributed by atoms with E-state index in [0.717, 1.165) is 18.2 Å². The van der Waals surface area contributed by atoms with Crippen LogP contribution in [0.4, 0.5) is 5.69 Å². The Bertz CT molecular complexity index is 1050. The highest BCUT2D eigenvalue weighted by Gasteiger charge is 2.27. The molecular formula is C25H34ClN3O4S. The third-order valence-electron chi connectivity index (χ3n) is 5.63. The van der Waals surface area contributed by atoms with Crippen LogP contribution in [-0.2, 0) is 26.2 Å². The molecule has 0 aliphatic carbocycles. The fourth-order valence-electron chi connectivity index (χ4n) is 3.43. The summed E-state index contributed by atoms with van der Waals surface area (Å²) in [6, 6.07) is 15.2. The highest BCUT2D eigenvalue weighted by atomic mass is 35.5. The second kappa shape index (κ2) is 12.8. The summed E-state index contributed by atoms with van der Waals surface area (Å²) < 4.78 is 25.9. The zero-order valence-electron chi connectivity index (χ0n) is 20.2. The standard InChI is InChI=1S/C25H34ClN3O4S/c1-5-19(2)27-25(31)20(3)28(18-21-13-15-22(26)16-14-21)24(30)12-9-17-29(34(4,32)33)23-10-7-6-8-11-23/h6-8,10-11,13-16,19-20H,5,9,12,17-18H2,1-4H3,(H,27,31). The molecule has 0 aliphatic heterocycles. The third-order valence-corrected chi connectivity index (χ3v) is 7.08. The average Bonchev–Trinajstić information content (AvgIpc) is 2.80. The van der Waals surface area contributed by atoms with Gasteiger partial charge in [-0.1, -0.05) is 48.9 Å². The number of hydrogen-bond acceptors (Lipinski definition) is 4. The lowest BCUT2D eigenvalue weighted by Gasteiger charge is -2.30. The Morgan fingerprint density at radius 1 is 1.03 bits per heavy atom. The Balaban J connectivity index is 2.14. The van der Waals surface area contributed by atoms with Gasteiger partial charge in [0.25, 0.3) is 0 Å². The number of carbonyl (C=O) groups excluding carboxylic acids is 2. The predicted molar refractivity (Wildman–Crippen MR) is 137 cm³/mol. The first-order valence-electron chi connectivity index (χ1n) is 11.4. The Morgan fingerprint density at radius 2 is 1.65 bits per heavy atom. The van der Waals surface area contributed by atoms with Crippen LogP contribution in [-0.4, -0.2) is 50.0 Å². The van der Waals surface area contributed by atoms with Crippen LogP contribution in [0, 0.1) is 0 Å². The fraction of sp³-hybridized carbons (Fsp3) is 0.440. The van der Waals surface area contributed by atoms with E-state index in [4.69, 9.17) is 11.6 Å². The highest BCUT2D eigenvalue weighted by Crippen LogP contribution is 2.19. The molecule has 0 saturated carbocycles. The summed E-state index contributed by atoms with van der Waals surface area (Å²) in [6.45, 7) is 6.01. The molecule has 1 N–H and O–H groups in total. The van der Waals surface area contributed by atoms with Crippen LogP contribution in [0.1, 0.15) is 45.6 Å². The molecule has 2 aromatic rings. The molecule has 2 unspecified atom stereocenters. The number of nitrogens with zero attached hydrogens (tertiary/aromatic N) is 2. The zero-order valence-corrected chi connectivity index (χ0v) is 21.8. The number of carbonyl (C=O) groups is 2. The van der Waals surface area contributed by atoms with E-state index in [1.54, 1.807) is 43.3 Å². The van der Waals surface area contributed by atoms with Crippen molar-refractivity contribution in [2.24, 2.45) is 0 Å². The number of rotatable bonds is 12. The van der Waals surface area contributed by atoms with Gasteiger partial charge in [-0.05, 0) is 56.5 Å². The van der Waals surface area contributed by atoms with Crippen molar-refractivity contribution in [2.45, 2.75) is 58.7 Å². The maximum atomic E-state index is 13.2. The summed E-state index contributed by atoms with van der Waals surface area (Å²) in [5.74, 6) is -0.443. The SMILES string of the molecule is CCC(C)NC(=O)C(C)N(Cc1ccc(Cl)cc1)C(=O)CCCN(c1ccccc1)S(C)(=O)=O. The number of nitrogens with one attached hydrogen (secondary N) is 1. The number of sulfonamides is 1. The minimum Gasteiger partial charge on any atom is -0.352 e. The van der Waals surface area contributed by atoms with Crippen molar-refractivity contribution in [3.8, 4) is 0 Å². The van der Waals surface area contributed by atoms with Crippen LogP contribution < -0.4 is 9.62 Å². The monoisotopic (exact) mass is 507 g/mol. The molecule has 9 heteroatoms. The van der Waals surface area contributed by atoms with Gasteiger partial charge in [-0.3, -0.25) is 13.9 Å². The molecule has 0 heterocycles. The van der Waals surface area contributed by atoms with Gasteiger partial charge in [0.05, 0.1) is 11.9 Å². The van der Waals surface area contributed by atoms with Gasteiger partial charge in [-0.15, -0.1) is 0 Å². The Labute approximate surface area is 208 Å². The molecule has 186 valence electrons. The Kier molecular flexibility index (Phi) is 10.4. The van der Waals surface area contributed by atoms with Crippen molar-refractivity contribution in [1.82, 2.24) is 10.2 Å². The van der Waals surface area contributed by atoms with Crippen LogP contribution >= 0.6 is 11.6 Å². The number of anilines is 1. The molecule has 2 aromatic carbocycles. The molecule has 0 radical (unpaired) electrons. The second-order valence-corrected chi connectivity index (χ2v) is 10.8. The van der Waals surface area contributed by atoms with Gasteiger partial charge in [0.2, 0.25) is 21.8 Å². The van der Waals surface area contributed by atoms with Crippen LogP contribution in [0.3, 0.4) is 0 Å². The van der Waals surface area contributed by atoms with E-state index in [2.05, 4.69) is 5.32 Å². The van der Waals surface area contributed by atoms with Gasteiger partial charge in [-0.2, -0.15) is 0 Å². The van der Waals surface area contributed by atoms with Crippen molar-refractivity contribution >= 4 is 39.1 Å². The number of hydrogen-bond donors (Lipinski definition) is 1. The molecule has 0 bridgehead atoms. The minimum atomic E-state index is -3.50. The van der Waals surface area contributed by atoms with E-state index in [9.17, 15) is 18.0 Å². The lowest BCUT2D eigenvalue weighted by atomic mass is 10.1. The maximum Gasteiger partial charge on any atom is 0.242 e. The van der Waals surface area contributed by atoms with E-state index in [1.165, 1.54) is 9.21 Å².